The topological polar surface area (TPSA) is 65.2 Å². The third-order valence-corrected chi connectivity index (χ3v) is 2.70. The summed E-state index contributed by atoms with van der Waals surface area (Å²) in [7, 11) is 0. The Bertz CT molecular complexity index is 599. The van der Waals surface area contributed by atoms with Gasteiger partial charge in [0.15, 0.2) is 0 Å². The van der Waals surface area contributed by atoms with E-state index in [2.05, 4.69) is 4.98 Å². The molecule has 0 aliphatic heterocycles. The lowest BCUT2D eigenvalue weighted by atomic mass is 10.2. The molecule has 0 unspecified atom stereocenters. The minimum atomic E-state index is -0.660. The lowest BCUT2D eigenvalue weighted by Crippen LogP contribution is -2.09. The number of hydrogen-bond acceptors (Lipinski definition) is 4. The van der Waals surface area contributed by atoms with Crippen LogP contribution in [0.5, 0.6) is 0 Å². The molecule has 2 rings (SSSR count). The molecule has 0 aliphatic rings. The van der Waals surface area contributed by atoms with Crippen molar-refractivity contribution in [3.05, 3.63) is 58.6 Å². The van der Waals surface area contributed by atoms with E-state index < -0.39 is 11.8 Å². The first-order valence-electron chi connectivity index (χ1n) is 5.38. The van der Waals surface area contributed by atoms with Crippen molar-refractivity contribution in [3.63, 3.8) is 0 Å². The van der Waals surface area contributed by atoms with E-state index in [1.54, 1.807) is 12.1 Å². The molecule has 0 spiro atoms. The van der Waals surface area contributed by atoms with Gasteiger partial charge in [0, 0.05) is 17.4 Å². The van der Waals surface area contributed by atoms with Crippen LogP contribution in [0, 0.1) is 5.82 Å². The second-order valence-electron chi connectivity index (χ2n) is 3.79. The van der Waals surface area contributed by atoms with Gasteiger partial charge >= 0.3 is 5.97 Å². The van der Waals surface area contributed by atoms with Crippen LogP contribution in [0.15, 0.2) is 36.7 Å². The average molecular weight is 281 g/mol. The van der Waals surface area contributed by atoms with Crippen LogP contribution in [-0.4, -0.2) is 11.0 Å². The van der Waals surface area contributed by atoms with Gasteiger partial charge in [-0.15, -0.1) is 0 Å². The van der Waals surface area contributed by atoms with Crippen LogP contribution in [0.3, 0.4) is 0 Å². The maximum Gasteiger partial charge on any atom is 0.342 e. The number of ether oxygens (including phenoxy) is 1. The fraction of sp³-hybridized carbons (Fsp3) is 0.0769. The first kappa shape index (κ1) is 13.3. The summed E-state index contributed by atoms with van der Waals surface area (Å²) in [5, 5.41) is 0.211. The molecular formula is C13H10ClFN2O2. The Hall–Kier alpha value is -2.14. The van der Waals surface area contributed by atoms with E-state index in [0.29, 0.717) is 5.56 Å². The smallest absolute Gasteiger partial charge is 0.342 e. The Labute approximate surface area is 114 Å². The summed E-state index contributed by atoms with van der Waals surface area (Å²) in [4.78, 5) is 15.5. The maximum atomic E-state index is 12.9. The Morgan fingerprint density at radius 1 is 1.42 bits per heavy atom. The molecule has 19 heavy (non-hydrogen) atoms. The zero-order valence-electron chi connectivity index (χ0n) is 9.77. The summed E-state index contributed by atoms with van der Waals surface area (Å²) in [5.41, 5.74) is 6.44. The van der Waals surface area contributed by atoms with Crippen LogP contribution in [0.4, 0.5) is 10.1 Å². The molecule has 2 N–H and O–H groups in total. The Morgan fingerprint density at radius 3 is 2.89 bits per heavy atom. The molecule has 1 aromatic carbocycles. The van der Waals surface area contributed by atoms with Crippen LogP contribution < -0.4 is 5.73 Å². The summed E-state index contributed by atoms with van der Waals surface area (Å²) in [6.45, 7) is -0.103. The molecule has 0 amide bonds. The van der Waals surface area contributed by atoms with Crippen LogP contribution >= 0.6 is 11.6 Å². The number of hydrogen-bond donors (Lipinski definition) is 1. The zero-order chi connectivity index (χ0) is 13.8. The highest BCUT2D eigenvalue weighted by atomic mass is 35.5. The normalized spacial score (nSPS) is 10.2. The summed E-state index contributed by atoms with van der Waals surface area (Å²) >= 11 is 5.88. The molecular weight excluding hydrogens is 271 g/mol. The highest BCUT2D eigenvalue weighted by molar-refractivity contribution is 6.34. The van der Waals surface area contributed by atoms with Gasteiger partial charge in [0.2, 0.25) is 0 Å². The van der Waals surface area contributed by atoms with Crippen LogP contribution in [0.1, 0.15) is 15.9 Å². The zero-order valence-corrected chi connectivity index (χ0v) is 10.5. The Kier molecular flexibility index (Phi) is 3.97. The molecule has 0 bridgehead atoms. The van der Waals surface area contributed by atoms with Crippen molar-refractivity contribution in [3.8, 4) is 0 Å². The summed E-state index contributed by atoms with van der Waals surface area (Å²) in [5.74, 6) is -1.15. The number of carbonyl (C=O) groups is 1. The number of esters is 1. The molecule has 1 heterocycles. The minimum absolute atomic E-state index is 0.103. The summed E-state index contributed by atoms with van der Waals surface area (Å²) in [6, 6.07) is 5.95. The molecule has 0 saturated carbocycles. The van der Waals surface area contributed by atoms with Crippen LogP contribution in [-0.2, 0) is 11.3 Å². The molecule has 0 radical (unpaired) electrons. The highest BCUT2D eigenvalue weighted by Crippen LogP contribution is 2.23. The van der Waals surface area contributed by atoms with Crippen molar-refractivity contribution in [2.45, 2.75) is 6.61 Å². The van der Waals surface area contributed by atoms with E-state index in [1.807, 2.05) is 0 Å². The number of pyridine rings is 1. The third kappa shape index (κ3) is 3.20. The van der Waals surface area contributed by atoms with E-state index in [-0.39, 0.29) is 22.9 Å². The first-order valence-corrected chi connectivity index (χ1v) is 5.76. The molecule has 4 nitrogen and oxygen atoms in total. The molecule has 98 valence electrons. The molecule has 0 fully saturated rings. The predicted octanol–water partition coefficient (Wildman–Crippen LogP) is 2.81. The van der Waals surface area contributed by atoms with Gasteiger partial charge in [-0.05, 0) is 18.2 Å². The Balaban J connectivity index is 2.10. The minimum Gasteiger partial charge on any atom is -0.457 e. The number of anilines is 1. The fourth-order valence-electron chi connectivity index (χ4n) is 1.51. The quantitative estimate of drug-likeness (QED) is 0.693. The maximum absolute atomic E-state index is 12.9. The first-order chi connectivity index (χ1) is 9.08. The van der Waals surface area contributed by atoms with Gasteiger partial charge in [-0.2, -0.15) is 0 Å². The number of halogens is 2. The van der Waals surface area contributed by atoms with E-state index in [1.165, 1.54) is 18.3 Å². The third-order valence-electron chi connectivity index (χ3n) is 2.38. The second-order valence-corrected chi connectivity index (χ2v) is 4.20. The Morgan fingerprint density at radius 2 is 2.21 bits per heavy atom. The van der Waals surface area contributed by atoms with Gasteiger partial charge in [-0.3, -0.25) is 4.98 Å². The average Bonchev–Trinajstić information content (AvgIpc) is 2.36. The summed E-state index contributed by atoms with van der Waals surface area (Å²) in [6.07, 6.45) is 2.48. The van der Waals surface area contributed by atoms with Crippen molar-refractivity contribution >= 4 is 23.3 Å². The van der Waals surface area contributed by atoms with Crippen LogP contribution in [0.2, 0.25) is 5.02 Å². The molecule has 0 atom stereocenters. The number of nitrogens with two attached hydrogens (primary N) is 1. The number of nitrogen functional groups attached to an aromatic ring is 1. The van der Waals surface area contributed by atoms with E-state index in [0.717, 1.165) is 6.20 Å². The lowest BCUT2D eigenvalue weighted by molar-refractivity contribution is 0.0473. The fourth-order valence-corrected chi connectivity index (χ4v) is 1.77. The summed E-state index contributed by atoms with van der Waals surface area (Å²) < 4.78 is 17.9. The molecule has 1 aromatic heterocycles. The van der Waals surface area contributed by atoms with E-state index in [4.69, 9.17) is 22.1 Å². The largest absolute Gasteiger partial charge is 0.457 e. The van der Waals surface area contributed by atoms with Gasteiger partial charge in [0.25, 0.3) is 0 Å². The number of benzene rings is 1. The van der Waals surface area contributed by atoms with Crippen molar-refractivity contribution in [1.82, 2.24) is 4.98 Å². The standard InChI is InChI=1S/C13H10ClFN2O2/c14-10-2-1-3-11(16)12(10)13(18)19-7-8-4-9(15)6-17-5-8/h1-6H,7,16H2. The van der Waals surface area contributed by atoms with Gasteiger partial charge in [0.1, 0.15) is 18.0 Å². The predicted molar refractivity (Wildman–Crippen MR) is 69.2 cm³/mol. The van der Waals surface area contributed by atoms with Gasteiger partial charge < -0.3 is 10.5 Å². The molecule has 0 saturated heterocycles. The van der Waals surface area contributed by atoms with Crippen molar-refractivity contribution in [2.75, 3.05) is 5.73 Å². The molecule has 0 aliphatic carbocycles. The van der Waals surface area contributed by atoms with Crippen LogP contribution in [0.25, 0.3) is 0 Å². The number of nitrogens with zero attached hydrogens (tertiary/aromatic N) is 1. The molecule has 6 heteroatoms. The monoisotopic (exact) mass is 280 g/mol. The van der Waals surface area contributed by atoms with Gasteiger partial charge in [0.05, 0.1) is 11.2 Å². The SMILES string of the molecule is Nc1cccc(Cl)c1C(=O)OCc1cncc(F)c1. The lowest BCUT2D eigenvalue weighted by Gasteiger charge is -2.08. The van der Waals surface area contributed by atoms with Crippen molar-refractivity contribution < 1.29 is 13.9 Å². The number of rotatable bonds is 3. The highest BCUT2D eigenvalue weighted by Gasteiger charge is 2.15. The number of carbonyl (C=O) groups excluding carboxylic acids is 1. The van der Waals surface area contributed by atoms with Gasteiger partial charge in [-0.1, -0.05) is 17.7 Å². The van der Waals surface area contributed by atoms with Gasteiger partial charge in [-0.25, -0.2) is 9.18 Å². The second kappa shape index (κ2) is 5.67. The van der Waals surface area contributed by atoms with E-state index in [9.17, 15) is 9.18 Å². The van der Waals surface area contributed by atoms with Crippen molar-refractivity contribution in [2.24, 2.45) is 0 Å². The molecule has 2 aromatic rings. The van der Waals surface area contributed by atoms with E-state index >= 15 is 0 Å². The number of aromatic nitrogens is 1. The van der Waals surface area contributed by atoms with Crippen molar-refractivity contribution in [1.29, 1.82) is 0 Å².